The van der Waals surface area contributed by atoms with Crippen LogP contribution in [-0.2, 0) is 11.2 Å². The van der Waals surface area contributed by atoms with Crippen molar-refractivity contribution in [1.29, 1.82) is 0 Å². The molecule has 1 aromatic carbocycles. The van der Waals surface area contributed by atoms with Crippen LogP contribution in [0.25, 0.3) is 0 Å². The van der Waals surface area contributed by atoms with E-state index in [9.17, 15) is 4.79 Å². The summed E-state index contributed by atoms with van der Waals surface area (Å²) < 4.78 is 5.18. The van der Waals surface area contributed by atoms with E-state index in [4.69, 9.17) is 10.5 Å². The summed E-state index contributed by atoms with van der Waals surface area (Å²) in [5.41, 5.74) is 6.72. The number of carbonyl (C=O) groups is 1. The molecule has 0 radical (unpaired) electrons. The van der Waals surface area contributed by atoms with Gasteiger partial charge in [0.25, 0.3) is 0 Å². The number of carbonyl (C=O) groups excluding carboxylic acids is 1. The summed E-state index contributed by atoms with van der Waals surface area (Å²) in [6, 6.07) is 5.14. The van der Waals surface area contributed by atoms with E-state index in [1.54, 1.807) is 18.2 Å². The molecule has 0 unspecified atom stereocenters. The van der Waals surface area contributed by atoms with Crippen LogP contribution in [0.15, 0.2) is 28.3 Å². The molecule has 0 fully saturated rings. The highest BCUT2D eigenvalue weighted by Gasteiger charge is 2.16. The van der Waals surface area contributed by atoms with E-state index in [0.717, 1.165) is 23.6 Å². The first kappa shape index (κ1) is 15.4. The van der Waals surface area contributed by atoms with Crippen molar-refractivity contribution in [2.45, 2.75) is 36.7 Å². The van der Waals surface area contributed by atoms with Gasteiger partial charge in [-0.25, -0.2) is 9.78 Å². The standard InChI is InChI=1S/C14H18N4O2S/c1-3-7-20-13(19)10-8-9(15)5-6-11(10)21-14-16-12(4-2)17-18-14/h5-6,8H,3-4,7,15H2,1-2H3,(H,16,17,18). The number of hydrogen-bond acceptors (Lipinski definition) is 6. The van der Waals surface area contributed by atoms with Crippen molar-refractivity contribution in [1.82, 2.24) is 15.2 Å². The van der Waals surface area contributed by atoms with E-state index >= 15 is 0 Å². The molecule has 0 aliphatic carbocycles. The summed E-state index contributed by atoms with van der Waals surface area (Å²) in [5.74, 6) is 0.431. The lowest BCUT2D eigenvalue weighted by Crippen LogP contribution is -2.08. The molecular weight excluding hydrogens is 288 g/mol. The largest absolute Gasteiger partial charge is 0.462 e. The number of ether oxygens (including phenoxy) is 1. The van der Waals surface area contributed by atoms with Crippen LogP contribution in [0.3, 0.4) is 0 Å². The number of anilines is 1. The Labute approximate surface area is 127 Å². The molecule has 0 bridgehead atoms. The number of aromatic amines is 1. The fraction of sp³-hybridized carbons (Fsp3) is 0.357. The van der Waals surface area contributed by atoms with Crippen molar-refractivity contribution >= 4 is 23.4 Å². The second kappa shape index (κ2) is 7.12. The first-order chi connectivity index (χ1) is 10.1. The number of H-pyrrole nitrogens is 1. The van der Waals surface area contributed by atoms with E-state index < -0.39 is 0 Å². The van der Waals surface area contributed by atoms with Gasteiger partial charge in [0.05, 0.1) is 12.2 Å². The molecule has 0 spiro atoms. The summed E-state index contributed by atoms with van der Waals surface area (Å²) in [6.07, 6.45) is 1.55. The van der Waals surface area contributed by atoms with Crippen LogP contribution >= 0.6 is 11.8 Å². The number of hydrogen-bond donors (Lipinski definition) is 2. The van der Waals surface area contributed by atoms with Crippen LogP contribution in [-0.4, -0.2) is 27.8 Å². The van der Waals surface area contributed by atoms with Crippen LogP contribution in [0.2, 0.25) is 0 Å². The van der Waals surface area contributed by atoms with Gasteiger partial charge in [0.2, 0.25) is 5.16 Å². The summed E-state index contributed by atoms with van der Waals surface area (Å²) in [4.78, 5) is 17.1. The van der Waals surface area contributed by atoms with E-state index in [1.807, 2.05) is 13.8 Å². The highest BCUT2D eigenvalue weighted by molar-refractivity contribution is 7.99. The number of nitrogens with zero attached hydrogens (tertiary/aromatic N) is 2. The van der Waals surface area contributed by atoms with Crippen molar-refractivity contribution in [3.05, 3.63) is 29.6 Å². The van der Waals surface area contributed by atoms with Crippen LogP contribution in [0.1, 0.15) is 36.5 Å². The molecule has 0 aliphatic rings. The van der Waals surface area contributed by atoms with E-state index in [1.165, 1.54) is 11.8 Å². The molecule has 0 atom stereocenters. The zero-order valence-electron chi connectivity index (χ0n) is 12.0. The Morgan fingerprint density at radius 1 is 1.43 bits per heavy atom. The van der Waals surface area contributed by atoms with Crippen molar-refractivity contribution in [2.75, 3.05) is 12.3 Å². The van der Waals surface area contributed by atoms with Gasteiger partial charge >= 0.3 is 5.97 Å². The van der Waals surface area contributed by atoms with E-state index in [0.29, 0.717) is 23.0 Å². The van der Waals surface area contributed by atoms with Crippen molar-refractivity contribution < 1.29 is 9.53 Å². The molecular formula is C14H18N4O2S. The van der Waals surface area contributed by atoms with Crippen molar-refractivity contribution in [2.24, 2.45) is 0 Å². The van der Waals surface area contributed by atoms with E-state index in [-0.39, 0.29) is 5.97 Å². The highest BCUT2D eigenvalue weighted by Crippen LogP contribution is 2.30. The molecule has 2 rings (SSSR count). The van der Waals surface area contributed by atoms with Crippen LogP contribution in [0, 0.1) is 0 Å². The Hall–Kier alpha value is -2.02. The molecule has 1 aromatic heterocycles. The molecule has 0 saturated carbocycles. The molecule has 2 aromatic rings. The van der Waals surface area contributed by atoms with Crippen LogP contribution < -0.4 is 5.73 Å². The zero-order valence-corrected chi connectivity index (χ0v) is 12.9. The fourth-order valence-corrected chi connectivity index (χ4v) is 2.48. The molecule has 0 saturated heterocycles. The predicted molar refractivity (Wildman–Crippen MR) is 81.3 cm³/mol. The maximum absolute atomic E-state index is 12.1. The predicted octanol–water partition coefficient (Wildman–Crippen LogP) is 2.67. The lowest BCUT2D eigenvalue weighted by Gasteiger charge is -2.08. The highest BCUT2D eigenvalue weighted by atomic mass is 32.2. The SMILES string of the molecule is CCCOC(=O)c1cc(N)ccc1Sc1n[nH]c(CC)n1. The second-order valence-corrected chi connectivity index (χ2v) is 5.42. The minimum absolute atomic E-state index is 0.377. The Kier molecular flexibility index (Phi) is 5.21. The van der Waals surface area contributed by atoms with Gasteiger partial charge in [-0.05, 0) is 36.4 Å². The van der Waals surface area contributed by atoms with Gasteiger partial charge in [-0.2, -0.15) is 0 Å². The van der Waals surface area contributed by atoms with Crippen LogP contribution in [0.5, 0.6) is 0 Å². The Balaban J connectivity index is 2.23. The zero-order chi connectivity index (χ0) is 15.2. The normalized spacial score (nSPS) is 10.6. The number of nitrogen functional groups attached to an aromatic ring is 1. The monoisotopic (exact) mass is 306 g/mol. The first-order valence-corrected chi connectivity index (χ1v) is 7.61. The Morgan fingerprint density at radius 2 is 2.24 bits per heavy atom. The third-order valence-corrected chi connectivity index (χ3v) is 3.65. The third-order valence-electron chi connectivity index (χ3n) is 2.71. The molecule has 3 N–H and O–H groups in total. The maximum Gasteiger partial charge on any atom is 0.339 e. The lowest BCUT2D eigenvalue weighted by molar-refractivity contribution is 0.0501. The minimum atomic E-state index is -0.377. The number of nitrogens with two attached hydrogens (primary N) is 1. The maximum atomic E-state index is 12.1. The molecule has 6 nitrogen and oxygen atoms in total. The summed E-state index contributed by atoms with van der Waals surface area (Å²) in [7, 11) is 0. The lowest BCUT2D eigenvalue weighted by atomic mass is 10.2. The van der Waals surface area contributed by atoms with Gasteiger partial charge < -0.3 is 10.5 Å². The molecule has 7 heteroatoms. The first-order valence-electron chi connectivity index (χ1n) is 6.79. The number of aryl methyl sites for hydroxylation is 1. The fourth-order valence-electron chi connectivity index (χ4n) is 1.65. The molecule has 1 heterocycles. The molecule has 0 amide bonds. The summed E-state index contributed by atoms with van der Waals surface area (Å²) in [6.45, 7) is 4.33. The number of benzene rings is 1. The average Bonchev–Trinajstić information content (AvgIpc) is 2.94. The summed E-state index contributed by atoms with van der Waals surface area (Å²) >= 11 is 1.31. The minimum Gasteiger partial charge on any atom is -0.462 e. The number of aromatic nitrogens is 3. The topological polar surface area (TPSA) is 93.9 Å². The van der Waals surface area contributed by atoms with Crippen molar-refractivity contribution in [3.63, 3.8) is 0 Å². The van der Waals surface area contributed by atoms with Gasteiger partial charge in [-0.1, -0.05) is 13.8 Å². The van der Waals surface area contributed by atoms with E-state index in [2.05, 4.69) is 15.2 Å². The average molecular weight is 306 g/mol. The quantitative estimate of drug-likeness (QED) is 0.629. The Bertz CT molecular complexity index is 627. The third kappa shape index (κ3) is 3.98. The van der Waals surface area contributed by atoms with Gasteiger partial charge in [0.1, 0.15) is 5.82 Å². The van der Waals surface area contributed by atoms with Crippen LogP contribution in [0.4, 0.5) is 5.69 Å². The van der Waals surface area contributed by atoms with Gasteiger partial charge in [0.15, 0.2) is 0 Å². The molecule has 112 valence electrons. The van der Waals surface area contributed by atoms with Gasteiger partial charge in [0, 0.05) is 17.0 Å². The Morgan fingerprint density at radius 3 is 2.90 bits per heavy atom. The number of nitrogens with one attached hydrogen (secondary N) is 1. The van der Waals surface area contributed by atoms with Gasteiger partial charge in [-0.3, -0.25) is 5.10 Å². The second-order valence-electron chi connectivity index (χ2n) is 4.41. The van der Waals surface area contributed by atoms with Crippen molar-refractivity contribution in [3.8, 4) is 0 Å². The summed E-state index contributed by atoms with van der Waals surface area (Å²) in [5, 5.41) is 7.53. The number of esters is 1. The number of rotatable bonds is 6. The van der Waals surface area contributed by atoms with Gasteiger partial charge in [-0.15, -0.1) is 5.10 Å². The molecule has 0 aliphatic heterocycles. The molecule has 21 heavy (non-hydrogen) atoms. The smallest absolute Gasteiger partial charge is 0.339 e.